The predicted octanol–water partition coefficient (Wildman–Crippen LogP) is 3.40. The van der Waals surface area contributed by atoms with E-state index in [0.29, 0.717) is 37.7 Å². The van der Waals surface area contributed by atoms with Crippen molar-refractivity contribution in [3.05, 3.63) is 47.6 Å². The van der Waals surface area contributed by atoms with Crippen molar-refractivity contribution in [1.82, 2.24) is 0 Å². The molecule has 0 spiro atoms. The highest BCUT2D eigenvalue weighted by molar-refractivity contribution is 6.02. The first-order chi connectivity index (χ1) is 30.8. The Bertz CT molecular complexity index is 2260. The Morgan fingerprint density at radius 1 is 0.803 bits per heavy atom. The number of aliphatic hydroxyl groups is 4. The van der Waals surface area contributed by atoms with Crippen molar-refractivity contribution in [3.8, 4) is 0 Å². The van der Waals surface area contributed by atoms with Crippen molar-refractivity contribution in [2.45, 2.75) is 134 Å². The number of ether oxygens (including phenoxy) is 4. The van der Waals surface area contributed by atoms with Gasteiger partial charge in [0.25, 0.3) is 0 Å². The molecule has 5 unspecified atom stereocenters. The molecule has 0 aromatic carbocycles. The molecular weight excluding hydrogens is 862 g/mol. The summed E-state index contributed by atoms with van der Waals surface area (Å²) in [7, 11) is 0. The lowest BCUT2D eigenvalue weighted by molar-refractivity contribution is -0.219. The van der Waals surface area contributed by atoms with E-state index in [1.807, 2.05) is 13.0 Å². The van der Waals surface area contributed by atoms with Gasteiger partial charge in [-0.05, 0) is 113 Å². The zero-order valence-electron chi connectivity index (χ0n) is 38.1. The highest BCUT2D eigenvalue weighted by Crippen LogP contribution is 2.71. The summed E-state index contributed by atoms with van der Waals surface area (Å²) in [5.74, 6) is -6.58. The third-order valence-electron chi connectivity index (χ3n) is 18.5. The van der Waals surface area contributed by atoms with Crippen LogP contribution >= 0.6 is 0 Å². The minimum Gasteiger partial charge on any atom is -0.456 e. The van der Waals surface area contributed by atoms with Gasteiger partial charge in [-0.15, -0.1) is 0 Å². The molecule has 8 rings (SSSR count). The normalized spacial score (nSPS) is 44.5. The van der Waals surface area contributed by atoms with Crippen molar-refractivity contribution in [3.63, 3.8) is 0 Å². The summed E-state index contributed by atoms with van der Waals surface area (Å²) in [5.41, 5.74) is -2.89. The zero-order chi connectivity index (χ0) is 48.2. The van der Waals surface area contributed by atoms with E-state index in [4.69, 9.17) is 24.7 Å². The number of aliphatic hydroxyl groups excluding tert-OH is 2. The second-order valence-electron chi connectivity index (χ2n) is 21.4. The first-order valence-electron chi connectivity index (χ1n) is 23.1. The van der Waals surface area contributed by atoms with E-state index in [0.717, 1.165) is 5.57 Å². The molecule has 6 saturated carbocycles. The molecule has 17 heteroatoms. The fraction of sp³-hybridized carbons (Fsp3) is 0.694. The van der Waals surface area contributed by atoms with Crippen molar-refractivity contribution in [1.29, 1.82) is 0 Å². The molecule has 0 aromatic rings. The van der Waals surface area contributed by atoms with Crippen LogP contribution in [0.5, 0.6) is 0 Å². The van der Waals surface area contributed by atoms with E-state index in [2.05, 4.69) is 0 Å². The van der Waals surface area contributed by atoms with Crippen LogP contribution in [0.15, 0.2) is 47.6 Å². The minimum absolute atomic E-state index is 0.0346. The van der Waals surface area contributed by atoms with Gasteiger partial charge < -0.3 is 45.1 Å². The Kier molecular flexibility index (Phi) is 11.9. The molecule has 0 heterocycles. The molecular formula is C49H62FNO15. The van der Waals surface area contributed by atoms with Crippen molar-refractivity contribution >= 4 is 41.2 Å². The van der Waals surface area contributed by atoms with Gasteiger partial charge in [-0.1, -0.05) is 51.0 Å². The maximum Gasteiger partial charge on any atom is 0.511 e. The van der Waals surface area contributed by atoms with E-state index in [-0.39, 0.29) is 55.0 Å². The van der Waals surface area contributed by atoms with Crippen LogP contribution in [0, 0.1) is 57.2 Å². The third kappa shape index (κ3) is 6.86. The number of nitrogens with two attached hydrogens (primary N) is 1. The average molecular weight is 924 g/mol. The van der Waals surface area contributed by atoms with Crippen molar-refractivity contribution < 1.29 is 77.3 Å². The summed E-state index contributed by atoms with van der Waals surface area (Å²) < 4.78 is 37.2. The molecule has 0 saturated heterocycles. The van der Waals surface area contributed by atoms with E-state index in [1.165, 1.54) is 24.3 Å². The number of Topliss-reactive ketones (excluding diaryl/α,β-unsaturated/α-hetero) is 2. The number of rotatable bonds is 11. The topological polar surface area (TPSA) is 263 Å². The summed E-state index contributed by atoms with van der Waals surface area (Å²) in [4.78, 5) is 89.5. The Morgan fingerprint density at radius 3 is 2.17 bits per heavy atom. The molecule has 6 N–H and O–H groups in total. The lowest BCUT2D eigenvalue weighted by Gasteiger charge is -2.62. The average Bonchev–Trinajstić information content (AvgIpc) is 3.64. The van der Waals surface area contributed by atoms with Crippen molar-refractivity contribution in [2.75, 3.05) is 20.0 Å². The number of hydrogen-bond acceptors (Lipinski definition) is 16. The van der Waals surface area contributed by atoms with Crippen LogP contribution in [0.2, 0.25) is 0 Å². The Labute approximate surface area is 382 Å². The lowest BCUT2D eigenvalue weighted by Crippen LogP contribution is -2.69. The minimum atomic E-state index is -2.17. The number of fused-ring (bicyclic) bond motifs is 10. The fourth-order valence-electron chi connectivity index (χ4n) is 15.0. The number of hydrogen-bond donors (Lipinski definition) is 5. The number of alkyl halides is 1. The van der Waals surface area contributed by atoms with Gasteiger partial charge in [0, 0.05) is 33.5 Å². The Hall–Kier alpha value is -4.42. The number of halogens is 1. The third-order valence-corrected chi connectivity index (χ3v) is 18.5. The number of ketones is 4. The van der Waals surface area contributed by atoms with Crippen LogP contribution in [0.4, 0.5) is 9.18 Å². The van der Waals surface area contributed by atoms with E-state index in [9.17, 15) is 54.0 Å². The Morgan fingerprint density at radius 2 is 1.45 bits per heavy atom. The second-order valence-corrected chi connectivity index (χ2v) is 21.4. The quantitative estimate of drug-likeness (QED) is 0.113. The molecule has 16 nitrogen and oxygen atoms in total. The summed E-state index contributed by atoms with van der Waals surface area (Å²) in [6.45, 7) is 5.98. The van der Waals surface area contributed by atoms with Crippen LogP contribution in [0.3, 0.4) is 0 Å². The van der Waals surface area contributed by atoms with Crippen molar-refractivity contribution in [2.24, 2.45) is 62.9 Å². The molecule has 66 heavy (non-hydrogen) atoms. The smallest absolute Gasteiger partial charge is 0.456 e. The molecule has 8 aliphatic carbocycles. The van der Waals surface area contributed by atoms with Crippen LogP contribution in [0.25, 0.3) is 0 Å². The fourth-order valence-corrected chi connectivity index (χ4v) is 15.0. The highest BCUT2D eigenvalue weighted by Gasteiger charge is 2.76. The predicted molar refractivity (Wildman–Crippen MR) is 228 cm³/mol. The van der Waals surface area contributed by atoms with Crippen LogP contribution in [-0.2, 0) is 47.7 Å². The van der Waals surface area contributed by atoms with Gasteiger partial charge in [-0.25, -0.2) is 9.18 Å². The maximum atomic E-state index is 17.5. The lowest BCUT2D eigenvalue weighted by atomic mass is 9.44. The van der Waals surface area contributed by atoms with E-state index < -0.39 is 131 Å². The second kappa shape index (κ2) is 16.4. The Balaban J connectivity index is 0.790. The summed E-state index contributed by atoms with van der Waals surface area (Å²) in [5, 5.41) is 47.2. The van der Waals surface area contributed by atoms with Gasteiger partial charge in [-0.3, -0.25) is 28.8 Å². The molecule has 6 fully saturated rings. The maximum absolute atomic E-state index is 17.5. The molecule has 360 valence electrons. The molecule has 0 aliphatic heterocycles. The van der Waals surface area contributed by atoms with Crippen LogP contribution < -0.4 is 5.73 Å². The summed E-state index contributed by atoms with van der Waals surface area (Å²) in [6.07, 6.45) is 7.38. The first-order valence-corrected chi connectivity index (χ1v) is 23.1. The van der Waals surface area contributed by atoms with Gasteiger partial charge in [-0.2, -0.15) is 0 Å². The highest BCUT2D eigenvalue weighted by atomic mass is 19.1. The molecule has 0 bridgehead atoms. The zero-order valence-corrected chi connectivity index (χ0v) is 38.1. The van der Waals surface area contributed by atoms with E-state index in [1.54, 1.807) is 33.8 Å². The van der Waals surface area contributed by atoms with E-state index >= 15 is 4.39 Å². The van der Waals surface area contributed by atoms with Gasteiger partial charge >= 0.3 is 18.1 Å². The van der Waals surface area contributed by atoms with Crippen LogP contribution in [0.1, 0.15) is 98.8 Å². The largest absolute Gasteiger partial charge is 0.511 e. The first kappa shape index (κ1) is 48.1. The van der Waals surface area contributed by atoms with Gasteiger partial charge in [0.2, 0.25) is 18.4 Å². The molecule has 16 atom stereocenters. The number of carbonyl (C=O) groups excluding carboxylic acids is 7. The number of allylic oxidation sites excluding steroid dienone is 8. The van der Waals surface area contributed by atoms with Gasteiger partial charge in [0.05, 0.1) is 18.6 Å². The van der Waals surface area contributed by atoms with Gasteiger partial charge in [0.15, 0.2) is 30.4 Å². The number of carbonyl (C=O) groups is 7. The van der Waals surface area contributed by atoms with Crippen LogP contribution in [-0.4, -0.2) is 117 Å². The monoisotopic (exact) mass is 923 g/mol. The molecule has 0 amide bonds. The summed E-state index contributed by atoms with van der Waals surface area (Å²) in [6, 6.07) is -1.60. The summed E-state index contributed by atoms with van der Waals surface area (Å²) >= 11 is 0. The molecule has 8 aliphatic rings. The van der Waals surface area contributed by atoms with Gasteiger partial charge in [0.1, 0.15) is 17.2 Å². The SMILES string of the molecule is C[C@H]1CC2C3CCC4=CC(=O)C=C[C@]4(C)[C@@]3(F)[C@@H](O)C[C@]2(C)[C@@]1(O)C(=O)COC(=O)OCOC(=O)C[C@@H](N)C(=O)OCC(=O)[C@@]1(O)CCC2C3CCC4=CC(=O)C=C[C@]4(C)C3[C@@H](O)C[C@@]21C. The number of esters is 2. The standard InChI is InChI=1S/C49H62FNO15/c1-25-16-33-32-9-7-27-18-29(53)11-14-44(27,3)48(32,50)36(55)21-46(33,5)49(25,62)38(57)23-64-42(60)66-24-65-39(58)19-34(51)41(59)63-22-37(56)47(61)15-12-31-30-8-6-26-17-28(52)10-13-43(26,2)40(30)35(54)20-45(31,47)4/h10-11,13-14,17-18,25,30-36,40,54-55,61-62H,6-9,12,15-16,19-24,51H2,1-5H3/t25-,30?,31?,32?,33?,34+,35-,36-,40?,43-,44-,45-,46-,47-,48-,49-/m0/s1. The molecule has 0 aromatic heterocycles. The molecule has 0 radical (unpaired) electrons.